The van der Waals surface area contributed by atoms with Gasteiger partial charge < -0.3 is 10.1 Å². The van der Waals surface area contributed by atoms with E-state index < -0.39 is 11.6 Å². The molecule has 0 spiro atoms. The van der Waals surface area contributed by atoms with Crippen LogP contribution in [0, 0.1) is 11.6 Å². The molecule has 0 aliphatic carbocycles. The second-order valence-electron chi connectivity index (χ2n) is 4.92. The van der Waals surface area contributed by atoms with E-state index >= 15 is 0 Å². The molecule has 0 heterocycles. The Kier molecular flexibility index (Phi) is 5.28. The summed E-state index contributed by atoms with van der Waals surface area (Å²) in [5.41, 5.74) is 0.954. The van der Waals surface area contributed by atoms with Crippen LogP contribution >= 0.6 is 0 Å². The van der Waals surface area contributed by atoms with Gasteiger partial charge in [0.05, 0.1) is 0 Å². The Bertz CT molecular complexity index is 581. The van der Waals surface area contributed by atoms with Crippen LogP contribution in [0.1, 0.15) is 31.9 Å². The van der Waals surface area contributed by atoms with E-state index in [1.807, 2.05) is 25.1 Å². The lowest BCUT2D eigenvalue weighted by atomic mass is 10.1. The molecule has 1 unspecified atom stereocenters. The van der Waals surface area contributed by atoms with Gasteiger partial charge in [0, 0.05) is 29.8 Å². The summed E-state index contributed by atoms with van der Waals surface area (Å²) in [4.78, 5) is 0. The Morgan fingerprint density at radius 2 is 1.76 bits per heavy atom. The molecule has 1 N–H and O–H groups in total. The first kappa shape index (κ1) is 15.4. The number of benzene rings is 2. The minimum Gasteiger partial charge on any atom is -0.457 e. The number of ether oxygens (including phenoxy) is 1. The highest BCUT2D eigenvalue weighted by molar-refractivity contribution is 5.39. The second-order valence-corrected chi connectivity index (χ2v) is 4.92. The Morgan fingerprint density at radius 3 is 2.43 bits per heavy atom. The van der Waals surface area contributed by atoms with E-state index in [4.69, 9.17) is 4.74 Å². The summed E-state index contributed by atoms with van der Waals surface area (Å²) in [7, 11) is 0. The molecule has 21 heavy (non-hydrogen) atoms. The van der Waals surface area contributed by atoms with Gasteiger partial charge >= 0.3 is 0 Å². The zero-order chi connectivity index (χ0) is 15.2. The van der Waals surface area contributed by atoms with Gasteiger partial charge in [0.1, 0.15) is 23.1 Å². The van der Waals surface area contributed by atoms with E-state index in [-0.39, 0.29) is 11.8 Å². The van der Waals surface area contributed by atoms with Gasteiger partial charge in [-0.3, -0.25) is 0 Å². The molecule has 0 radical (unpaired) electrons. The SMILES string of the molecule is CCCNC(C)c1ccccc1Oc1cc(F)cc(F)c1. The molecule has 0 aliphatic heterocycles. The number of hydrogen-bond acceptors (Lipinski definition) is 2. The van der Waals surface area contributed by atoms with Crippen molar-refractivity contribution in [3.05, 3.63) is 59.7 Å². The van der Waals surface area contributed by atoms with Crippen LogP contribution < -0.4 is 10.1 Å². The van der Waals surface area contributed by atoms with Crippen molar-refractivity contribution >= 4 is 0 Å². The van der Waals surface area contributed by atoms with E-state index in [1.54, 1.807) is 6.07 Å². The maximum atomic E-state index is 13.2. The van der Waals surface area contributed by atoms with Crippen molar-refractivity contribution in [1.82, 2.24) is 5.32 Å². The van der Waals surface area contributed by atoms with Crippen molar-refractivity contribution in [2.24, 2.45) is 0 Å². The fraction of sp³-hybridized carbons (Fsp3) is 0.294. The molecule has 1 atom stereocenters. The van der Waals surface area contributed by atoms with Crippen molar-refractivity contribution < 1.29 is 13.5 Å². The van der Waals surface area contributed by atoms with Crippen LogP contribution in [0.3, 0.4) is 0 Å². The molecule has 2 nitrogen and oxygen atoms in total. The predicted octanol–water partition coefficient (Wildman–Crippen LogP) is 4.82. The van der Waals surface area contributed by atoms with Crippen molar-refractivity contribution in [3.8, 4) is 11.5 Å². The lowest BCUT2D eigenvalue weighted by Gasteiger charge is -2.18. The van der Waals surface area contributed by atoms with Gasteiger partial charge in [0.25, 0.3) is 0 Å². The summed E-state index contributed by atoms with van der Waals surface area (Å²) in [6, 6.07) is 10.7. The summed E-state index contributed by atoms with van der Waals surface area (Å²) in [5.74, 6) is -0.555. The van der Waals surface area contributed by atoms with Gasteiger partial charge in [-0.2, -0.15) is 0 Å². The highest BCUT2D eigenvalue weighted by atomic mass is 19.1. The lowest BCUT2D eigenvalue weighted by molar-refractivity contribution is 0.451. The molecule has 0 amide bonds. The van der Waals surface area contributed by atoms with E-state index in [0.717, 1.165) is 24.6 Å². The highest BCUT2D eigenvalue weighted by Gasteiger charge is 2.12. The zero-order valence-corrected chi connectivity index (χ0v) is 12.2. The van der Waals surface area contributed by atoms with Crippen LogP contribution in [-0.4, -0.2) is 6.54 Å². The monoisotopic (exact) mass is 291 g/mol. The van der Waals surface area contributed by atoms with E-state index in [2.05, 4.69) is 12.2 Å². The fourth-order valence-electron chi connectivity index (χ4n) is 2.12. The molecule has 0 aliphatic rings. The highest BCUT2D eigenvalue weighted by Crippen LogP contribution is 2.30. The smallest absolute Gasteiger partial charge is 0.133 e. The fourth-order valence-corrected chi connectivity index (χ4v) is 2.12. The molecule has 4 heteroatoms. The summed E-state index contributed by atoms with van der Waals surface area (Å²) >= 11 is 0. The molecule has 2 rings (SSSR count). The molecular formula is C17H19F2NO. The van der Waals surface area contributed by atoms with E-state index in [1.165, 1.54) is 12.1 Å². The van der Waals surface area contributed by atoms with Gasteiger partial charge in [-0.15, -0.1) is 0 Å². The van der Waals surface area contributed by atoms with E-state index in [0.29, 0.717) is 5.75 Å². The molecule has 0 bridgehead atoms. The molecule has 2 aromatic carbocycles. The summed E-state index contributed by atoms with van der Waals surface area (Å²) < 4.78 is 32.1. The molecule has 0 fully saturated rings. The van der Waals surface area contributed by atoms with Crippen LogP contribution in [0.15, 0.2) is 42.5 Å². The van der Waals surface area contributed by atoms with Crippen LogP contribution in [0.5, 0.6) is 11.5 Å². The van der Waals surface area contributed by atoms with Crippen molar-refractivity contribution in [2.75, 3.05) is 6.54 Å². The van der Waals surface area contributed by atoms with Gasteiger partial charge in [0.2, 0.25) is 0 Å². The quantitative estimate of drug-likeness (QED) is 0.824. The van der Waals surface area contributed by atoms with Gasteiger partial charge in [-0.05, 0) is 26.0 Å². The number of hydrogen-bond donors (Lipinski definition) is 1. The average molecular weight is 291 g/mol. The second kappa shape index (κ2) is 7.18. The molecule has 0 aromatic heterocycles. The minimum atomic E-state index is -0.653. The Balaban J connectivity index is 2.23. The summed E-state index contributed by atoms with van der Waals surface area (Å²) in [5, 5.41) is 3.37. The molecule has 0 saturated carbocycles. The third kappa shape index (κ3) is 4.26. The van der Waals surface area contributed by atoms with Crippen molar-refractivity contribution in [1.29, 1.82) is 0 Å². The van der Waals surface area contributed by atoms with Crippen LogP contribution in [0.25, 0.3) is 0 Å². The van der Waals surface area contributed by atoms with E-state index in [9.17, 15) is 8.78 Å². The Morgan fingerprint density at radius 1 is 1.10 bits per heavy atom. The summed E-state index contributed by atoms with van der Waals surface area (Å²) in [6.07, 6.45) is 1.03. The molecular weight excluding hydrogens is 272 g/mol. The molecule has 0 saturated heterocycles. The maximum absolute atomic E-state index is 13.2. The first-order valence-electron chi connectivity index (χ1n) is 7.06. The Hall–Kier alpha value is -1.94. The van der Waals surface area contributed by atoms with Gasteiger partial charge in [0.15, 0.2) is 0 Å². The van der Waals surface area contributed by atoms with Crippen molar-refractivity contribution in [3.63, 3.8) is 0 Å². The van der Waals surface area contributed by atoms with Crippen LogP contribution in [0.4, 0.5) is 8.78 Å². The average Bonchev–Trinajstić information content (AvgIpc) is 2.44. The number of nitrogens with one attached hydrogen (secondary N) is 1. The van der Waals surface area contributed by atoms with Gasteiger partial charge in [-0.1, -0.05) is 25.1 Å². The minimum absolute atomic E-state index is 0.0968. The zero-order valence-electron chi connectivity index (χ0n) is 12.2. The first-order chi connectivity index (χ1) is 10.1. The number of halogens is 2. The standard InChI is InChI=1S/C17H19F2NO/c1-3-8-20-12(2)16-6-4-5-7-17(16)21-15-10-13(18)9-14(19)11-15/h4-7,9-12,20H,3,8H2,1-2H3. The Labute approximate surface area is 123 Å². The van der Waals surface area contributed by atoms with Crippen molar-refractivity contribution in [2.45, 2.75) is 26.3 Å². The maximum Gasteiger partial charge on any atom is 0.133 e. The van der Waals surface area contributed by atoms with Crippen LogP contribution in [-0.2, 0) is 0 Å². The first-order valence-corrected chi connectivity index (χ1v) is 7.06. The topological polar surface area (TPSA) is 21.3 Å². The molecule has 112 valence electrons. The lowest BCUT2D eigenvalue weighted by Crippen LogP contribution is -2.19. The van der Waals surface area contributed by atoms with Crippen LogP contribution in [0.2, 0.25) is 0 Å². The number of para-hydroxylation sites is 1. The third-order valence-electron chi connectivity index (χ3n) is 3.15. The third-order valence-corrected chi connectivity index (χ3v) is 3.15. The largest absolute Gasteiger partial charge is 0.457 e. The normalized spacial score (nSPS) is 12.2. The van der Waals surface area contributed by atoms with Gasteiger partial charge in [-0.25, -0.2) is 8.78 Å². The summed E-state index contributed by atoms with van der Waals surface area (Å²) in [6.45, 7) is 5.02. The predicted molar refractivity (Wildman–Crippen MR) is 79.6 cm³/mol. The molecule has 2 aromatic rings. The number of rotatable bonds is 6.